The van der Waals surface area contributed by atoms with Gasteiger partial charge in [0.25, 0.3) is 5.91 Å². The minimum atomic E-state index is 0.196. The van der Waals surface area contributed by atoms with Crippen molar-refractivity contribution in [3.63, 3.8) is 0 Å². The van der Waals surface area contributed by atoms with E-state index < -0.39 is 0 Å². The zero-order chi connectivity index (χ0) is 14.7. The van der Waals surface area contributed by atoms with E-state index in [0.29, 0.717) is 6.04 Å². The second-order valence-corrected chi connectivity index (χ2v) is 6.02. The number of anilines is 2. The van der Waals surface area contributed by atoms with Gasteiger partial charge in [-0.05, 0) is 37.8 Å². The first-order valence-electron chi connectivity index (χ1n) is 8.23. The number of carbonyl (C=O) groups is 1. The predicted octanol–water partition coefficient (Wildman–Crippen LogP) is 3.32. The zero-order valence-electron chi connectivity index (χ0n) is 12.8. The number of carbonyl (C=O) groups excluding carboxylic acids is 1. The van der Waals surface area contributed by atoms with Gasteiger partial charge in [-0.2, -0.15) is 0 Å². The second kappa shape index (κ2) is 6.37. The third-order valence-electron chi connectivity index (χ3n) is 4.55. The lowest BCUT2D eigenvalue weighted by Gasteiger charge is -2.36. The molecule has 1 saturated heterocycles. The molecule has 2 aliphatic rings. The van der Waals surface area contributed by atoms with E-state index in [2.05, 4.69) is 22.5 Å². The van der Waals surface area contributed by atoms with Gasteiger partial charge in [0.1, 0.15) is 0 Å². The Labute approximate surface area is 126 Å². The summed E-state index contributed by atoms with van der Waals surface area (Å²) in [6, 6.07) is 6.39. The minimum absolute atomic E-state index is 0.196. The first-order valence-corrected chi connectivity index (χ1v) is 8.23. The molecule has 3 rings (SSSR count). The van der Waals surface area contributed by atoms with E-state index in [-0.39, 0.29) is 5.91 Å². The summed E-state index contributed by atoms with van der Waals surface area (Å²) in [6.07, 6.45) is 5.79. The van der Waals surface area contributed by atoms with E-state index in [0.717, 1.165) is 62.3 Å². The Bertz CT molecular complexity index is 513. The molecule has 2 heterocycles. The molecule has 1 fully saturated rings. The van der Waals surface area contributed by atoms with Crippen LogP contribution in [0.3, 0.4) is 0 Å². The van der Waals surface area contributed by atoms with E-state index in [1.165, 1.54) is 6.42 Å². The van der Waals surface area contributed by atoms with Crippen molar-refractivity contribution >= 4 is 17.3 Å². The van der Waals surface area contributed by atoms with Crippen LogP contribution in [0, 0.1) is 0 Å². The summed E-state index contributed by atoms with van der Waals surface area (Å²) in [4.78, 5) is 15.1. The van der Waals surface area contributed by atoms with Gasteiger partial charge in [0.15, 0.2) is 0 Å². The van der Waals surface area contributed by atoms with Crippen molar-refractivity contribution in [2.75, 3.05) is 30.3 Å². The first-order chi connectivity index (χ1) is 10.3. The molecule has 1 unspecified atom stereocenters. The largest absolute Gasteiger partial charge is 0.382 e. The number of fused-ring (bicyclic) bond motifs is 1. The van der Waals surface area contributed by atoms with Crippen LogP contribution < -0.4 is 10.6 Å². The molecule has 0 aromatic heterocycles. The fraction of sp³-hybridized carbons (Fsp3) is 0.588. The minimum Gasteiger partial charge on any atom is -0.382 e. The zero-order valence-corrected chi connectivity index (χ0v) is 12.8. The molecule has 1 aromatic rings. The van der Waals surface area contributed by atoms with Crippen molar-refractivity contribution < 1.29 is 4.79 Å². The van der Waals surface area contributed by atoms with Crippen LogP contribution in [0.4, 0.5) is 11.4 Å². The van der Waals surface area contributed by atoms with E-state index in [4.69, 9.17) is 0 Å². The highest BCUT2D eigenvalue weighted by atomic mass is 16.2. The first kappa shape index (κ1) is 14.2. The van der Waals surface area contributed by atoms with Crippen LogP contribution >= 0.6 is 0 Å². The Kier molecular flexibility index (Phi) is 4.32. The topological polar surface area (TPSA) is 44.4 Å². The molecule has 1 amide bonds. The van der Waals surface area contributed by atoms with Gasteiger partial charge < -0.3 is 15.5 Å². The lowest BCUT2D eigenvalue weighted by molar-refractivity contribution is 0.0601. The number of benzene rings is 1. The Hall–Kier alpha value is -1.71. The summed E-state index contributed by atoms with van der Waals surface area (Å²) in [5.41, 5.74) is 2.86. The number of amides is 1. The monoisotopic (exact) mass is 287 g/mol. The van der Waals surface area contributed by atoms with E-state index >= 15 is 0 Å². The number of hydrogen-bond donors (Lipinski definition) is 2. The van der Waals surface area contributed by atoms with Gasteiger partial charge in [0.2, 0.25) is 0 Å². The highest BCUT2D eigenvalue weighted by Crippen LogP contribution is 2.31. The van der Waals surface area contributed by atoms with Gasteiger partial charge in [-0.25, -0.2) is 0 Å². The smallest absolute Gasteiger partial charge is 0.256 e. The standard InChI is InChI=1S/C17H25N3O/c1-2-6-13-7-3-4-12-20(13)17(21)14-8-5-9-15-16(14)19-11-10-18-15/h5,8-9,13,18-19H,2-4,6-7,10-12H2,1H3. The van der Waals surface area contributed by atoms with Gasteiger partial charge in [0.05, 0.1) is 16.9 Å². The van der Waals surface area contributed by atoms with E-state index in [1.807, 2.05) is 18.2 Å². The van der Waals surface area contributed by atoms with Crippen molar-refractivity contribution in [1.82, 2.24) is 4.90 Å². The van der Waals surface area contributed by atoms with Crippen LogP contribution in [0.1, 0.15) is 49.4 Å². The molecule has 21 heavy (non-hydrogen) atoms. The number of likely N-dealkylation sites (tertiary alicyclic amines) is 1. The molecule has 0 spiro atoms. The summed E-state index contributed by atoms with van der Waals surface area (Å²) in [5, 5.41) is 6.75. The Morgan fingerprint density at radius 3 is 3.00 bits per heavy atom. The van der Waals surface area contributed by atoms with Gasteiger partial charge in [-0.3, -0.25) is 4.79 Å². The van der Waals surface area contributed by atoms with Crippen LogP contribution in [0.25, 0.3) is 0 Å². The molecular formula is C17H25N3O. The number of para-hydroxylation sites is 1. The van der Waals surface area contributed by atoms with Crippen LogP contribution in [0.2, 0.25) is 0 Å². The number of nitrogens with zero attached hydrogens (tertiary/aromatic N) is 1. The summed E-state index contributed by atoms with van der Waals surface area (Å²) in [7, 11) is 0. The second-order valence-electron chi connectivity index (χ2n) is 6.02. The number of hydrogen-bond acceptors (Lipinski definition) is 3. The molecule has 4 nitrogen and oxygen atoms in total. The molecule has 2 N–H and O–H groups in total. The van der Waals surface area contributed by atoms with Gasteiger partial charge >= 0.3 is 0 Å². The van der Waals surface area contributed by atoms with Crippen LogP contribution in [-0.4, -0.2) is 36.5 Å². The Morgan fingerprint density at radius 1 is 1.29 bits per heavy atom. The Morgan fingerprint density at radius 2 is 2.14 bits per heavy atom. The lowest BCUT2D eigenvalue weighted by atomic mass is 9.96. The molecule has 2 aliphatic heterocycles. The van der Waals surface area contributed by atoms with Gasteiger partial charge in [-0.15, -0.1) is 0 Å². The fourth-order valence-corrected chi connectivity index (χ4v) is 3.51. The average Bonchev–Trinajstić information content (AvgIpc) is 2.54. The van der Waals surface area contributed by atoms with Crippen molar-refractivity contribution in [1.29, 1.82) is 0 Å². The van der Waals surface area contributed by atoms with Crippen LogP contribution in [0.5, 0.6) is 0 Å². The summed E-state index contributed by atoms with van der Waals surface area (Å²) in [5.74, 6) is 0.196. The van der Waals surface area contributed by atoms with E-state index in [9.17, 15) is 4.79 Å². The molecule has 0 aliphatic carbocycles. The predicted molar refractivity (Wildman–Crippen MR) is 87.0 cm³/mol. The van der Waals surface area contributed by atoms with Gasteiger partial charge in [0, 0.05) is 25.7 Å². The number of nitrogens with one attached hydrogen (secondary N) is 2. The van der Waals surface area contributed by atoms with Crippen LogP contribution in [0.15, 0.2) is 18.2 Å². The normalized spacial score (nSPS) is 21.2. The Balaban J connectivity index is 1.87. The van der Waals surface area contributed by atoms with Crippen molar-refractivity contribution in [3.05, 3.63) is 23.8 Å². The van der Waals surface area contributed by atoms with Gasteiger partial charge in [-0.1, -0.05) is 19.4 Å². The van der Waals surface area contributed by atoms with Crippen molar-refractivity contribution in [3.8, 4) is 0 Å². The molecular weight excluding hydrogens is 262 g/mol. The molecule has 1 aromatic carbocycles. The highest BCUT2D eigenvalue weighted by molar-refractivity contribution is 6.03. The molecule has 4 heteroatoms. The quantitative estimate of drug-likeness (QED) is 0.896. The van der Waals surface area contributed by atoms with Crippen molar-refractivity contribution in [2.24, 2.45) is 0 Å². The molecule has 0 radical (unpaired) electrons. The maximum atomic E-state index is 13.0. The average molecular weight is 287 g/mol. The number of piperidine rings is 1. The maximum absolute atomic E-state index is 13.0. The van der Waals surface area contributed by atoms with Crippen LogP contribution in [-0.2, 0) is 0 Å². The van der Waals surface area contributed by atoms with E-state index in [1.54, 1.807) is 0 Å². The molecule has 1 atom stereocenters. The van der Waals surface area contributed by atoms with Crippen molar-refractivity contribution in [2.45, 2.75) is 45.1 Å². The highest BCUT2D eigenvalue weighted by Gasteiger charge is 2.29. The fourth-order valence-electron chi connectivity index (χ4n) is 3.51. The summed E-state index contributed by atoms with van der Waals surface area (Å²) >= 11 is 0. The summed E-state index contributed by atoms with van der Waals surface area (Å²) < 4.78 is 0. The molecule has 0 saturated carbocycles. The third kappa shape index (κ3) is 2.85. The molecule has 114 valence electrons. The number of rotatable bonds is 3. The molecule has 0 bridgehead atoms. The summed E-state index contributed by atoms with van der Waals surface area (Å²) in [6.45, 7) is 4.89. The lowest BCUT2D eigenvalue weighted by Crippen LogP contribution is -2.44. The maximum Gasteiger partial charge on any atom is 0.256 e. The SMILES string of the molecule is CCCC1CCCCN1C(=O)c1cccc2c1NCCN2. The third-order valence-corrected chi connectivity index (χ3v) is 4.55.